The van der Waals surface area contributed by atoms with Gasteiger partial charge < -0.3 is 13.9 Å². The maximum Gasteiger partial charge on any atom is 0.143 e. The predicted octanol–water partition coefficient (Wildman–Crippen LogP) is 14.6. The molecule has 3 heteroatoms. The summed E-state index contributed by atoms with van der Waals surface area (Å²) in [6, 6.07) is 73.8. The molecule has 0 radical (unpaired) electrons. The topological polar surface area (TPSA) is 21.3 Å². The minimum absolute atomic E-state index is 0.895. The van der Waals surface area contributed by atoms with Crippen LogP contribution in [0, 0.1) is 0 Å². The summed E-state index contributed by atoms with van der Waals surface area (Å²) in [5, 5.41) is 7.06. The van der Waals surface area contributed by atoms with Crippen LogP contribution in [0.15, 0.2) is 211 Å². The van der Waals surface area contributed by atoms with Crippen LogP contribution in [0.1, 0.15) is 0 Å². The van der Waals surface area contributed by atoms with Gasteiger partial charge in [0, 0.05) is 55.0 Å². The van der Waals surface area contributed by atoms with E-state index in [-0.39, 0.29) is 0 Å². The van der Waals surface area contributed by atoms with Crippen LogP contribution in [0.3, 0.4) is 0 Å². The molecule has 0 aliphatic heterocycles. The smallest absolute Gasteiger partial charge is 0.143 e. The third-order valence-corrected chi connectivity index (χ3v) is 11.0. The van der Waals surface area contributed by atoms with Gasteiger partial charge in [-0.25, -0.2) is 0 Å². The van der Waals surface area contributed by atoms with Crippen molar-refractivity contribution >= 4 is 71.6 Å². The zero-order valence-electron chi connectivity index (χ0n) is 29.9. The average Bonchev–Trinajstić information content (AvgIpc) is 3.81. The molecule has 3 nitrogen and oxygen atoms in total. The maximum atomic E-state index is 6.84. The second-order valence-corrected chi connectivity index (χ2v) is 14.1. The van der Waals surface area contributed by atoms with E-state index in [1.54, 1.807) is 0 Å². The molecule has 11 rings (SSSR count). The van der Waals surface area contributed by atoms with Crippen LogP contribution in [0.5, 0.6) is 0 Å². The molecule has 2 aromatic heterocycles. The predicted molar refractivity (Wildman–Crippen MR) is 231 cm³/mol. The van der Waals surface area contributed by atoms with Crippen LogP contribution in [-0.2, 0) is 0 Å². The molecule has 0 atom stereocenters. The van der Waals surface area contributed by atoms with E-state index in [1.807, 2.05) is 0 Å². The minimum Gasteiger partial charge on any atom is -0.455 e. The van der Waals surface area contributed by atoms with Crippen LogP contribution in [0.4, 0.5) is 17.1 Å². The van der Waals surface area contributed by atoms with E-state index in [0.717, 1.165) is 66.8 Å². The average molecular weight is 703 g/mol. The third kappa shape index (κ3) is 4.98. The van der Waals surface area contributed by atoms with Crippen molar-refractivity contribution in [2.24, 2.45) is 0 Å². The highest BCUT2D eigenvalue weighted by Crippen LogP contribution is 2.45. The second kappa shape index (κ2) is 12.6. The number of fused-ring (bicyclic) bond motifs is 8. The van der Waals surface area contributed by atoms with E-state index < -0.39 is 0 Å². The van der Waals surface area contributed by atoms with Crippen molar-refractivity contribution in [2.45, 2.75) is 0 Å². The molecule has 0 fully saturated rings. The lowest BCUT2D eigenvalue weighted by atomic mass is 9.98. The molecule has 0 bridgehead atoms. The van der Waals surface area contributed by atoms with Crippen LogP contribution in [-0.4, -0.2) is 4.57 Å². The van der Waals surface area contributed by atoms with Gasteiger partial charge in [-0.3, -0.25) is 0 Å². The first-order valence-electron chi connectivity index (χ1n) is 18.8. The summed E-state index contributed by atoms with van der Waals surface area (Å²) in [5.41, 5.74) is 13.1. The Hall–Kier alpha value is -7.36. The standard InChI is InChI=1S/C52H34N2O/c1-2-16-37(17-3-1)53(48-26-11-9-22-43(48)44-23-14-24-45-46-34-31-35-15-4-5-19-40(35)51(46)55-52(44)45)38-32-29-36(30-33-38)39-18-6-10-25-47(39)54-49-27-12-7-20-41(49)42-21-8-13-28-50(42)54/h1-34H. The van der Waals surface area contributed by atoms with Crippen molar-refractivity contribution in [3.8, 4) is 27.9 Å². The van der Waals surface area contributed by atoms with E-state index >= 15 is 0 Å². The molecule has 55 heavy (non-hydrogen) atoms. The third-order valence-electron chi connectivity index (χ3n) is 11.0. The van der Waals surface area contributed by atoms with Gasteiger partial charge >= 0.3 is 0 Å². The van der Waals surface area contributed by atoms with Crippen molar-refractivity contribution in [2.75, 3.05) is 4.90 Å². The Bertz CT molecular complexity index is 3150. The number of anilines is 3. The highest BCUT2D eigenvalue weighted by molar-refractivity contribution is 6.17. The van der Waals surface area contributed by atoms with Crippen molar-refractivity contribution < 1.29 is 4.42 Å². The van der Waals surface area contributed by atoms with E-state index in [0.29, 0.717) is 0 Å². The number of benzene rings is 9. The summed E-state index contributed by atoms with van der Waals surface area (Å²) in [7, 11) is 0. The molecule has 0 saturated carbocycles. The molecule has 258 valence electrons. The minimum atomic E-state index is 0.895. The number of para-hydroxylation sites is 6. The van der Waals surface area contributed by atoms with Gasteiger partial charge in [0.2, 0.25) is 0 Å². The summed E-state index contributed by atoms with van der Waals surface area (Å²) in [6.07, 6.45) is 0. The van der Waals surface area contributed by atoms with E-state index in [2.05, 4.69) is 216 Å². The van der Waals surface area contributed by atoms with Gasteiger partial charge in [0.05, 0.1) is 22.4 Å². The van der Waals surface area contributed by atoms with Crippen LogP contribution in [0.2, 0.25) is 0 Å². The van der Waals surface area contributed by atoms with E-state index in [9.17, 15) is 0 Å². The quantitative estimate of drug-likeness (QED) is 0.172. The van der Waals surface area contributed by atoms with Gasteiger partial charge in [0.15, 0.2) is 0 Å². The molecule has 9 aromatic carbocycles. The highest BCUT2D eigenvalue weighted by atomic mass is 16.3. The lowest BCUT2D eigenvalue weighted by Crippen LogP contribution is -2.11. The van der Waals surface area contributed by atoms with Gasteiger partial charge in [-0.2, -0.15) is 0 Å². The fourth-order valence-corrected chi connectivity index (χ4v) is 8.52. The molecule has 2 heterocycles. The Morgan fingerprint density at radius 3 is 1.69 bits per heavy atom. The van der Waals surface area contributed by atoms with Crippen molar-refractivity contribution in [1.82, 2.24) is 4.57 Å². The summed E-state index contributed by atoms with van der Waals surface area (Å²) in [6.45, 7) is 0. The molecule has 11 aromatic rings. The van der Waals surface area contributed by atoms with Gasteiger partial charge in [0.1, 0.15) is 11.2 Å². The molecule has 0 saturated heterocycles. The molecular weight excluding hydrogens is 669 g/mol. The second-order valence-electron chi connectivity index (χ2n) is 14.1. The van der Waals surface area contributed by atoms with Crippen molar-refractivity contribution in [1.29, 1.82) is 0 Å². The Morgan fingerprint density at radius 1 is 0.345 bits per heavy atom. The lowest BCUT2D eigenvalue weighted by molar-refractivity contribution is 0.674. The Labute approximate surface area is 318 Å². The molecule has 0 amide bonds. The summed E-state index contributed by atoms with van der Waals surface area (Å²) < 4.78 is 9.24. The van der Waals surface area contributed by atoms with E-state index in [4.69, 9.17) is 4.42 Å². The summed E-state index contributed by atoms with van der Waals surface area (Å²) in [5.74, 6) is 0. The zero-order valence-corrected chi connectivity index (χ0v) is 29.9. The van der Waals surface area contributed by atoms with Gasteiger partial charge in [-0.05, 0) is 65.5 Å². The summed E-state index contributed by atoms with van der Waals surface area (Å²) >= 11 is 0. The number of hydrogen-bond acceptors (Lipinski definition) is 2. The fourth-order valence-electron chi connectivity index (χ4n) is 8.52. The van der Waals surface area contributed by atoms with Crippen molar-refractivity contribution in [3.05, 3.63) is 206 Å². The number of furan rings is 1. The number of rotatable bonds is 6. The van der Waals surface area contributed by atoms with Crippen LogP contribution >= 0.6 is 0 Å². The van der Waals surface area contributed by atoms with Gasteiger partial charge in [0.25, 0.3) is 0 Å². The molecule has 0 unspecified atom stereocenters. The normalized spacial score (nSPS) is 11.6. The molecule has 0 aliphatic carbocycles. The SMILES string of the molecule is c1ccc(N(c2ccc(-c3ccccc3-n3c4ccccc4c4ccccc43)cc2)c2ccccc2-c2cccc3c2oc2c4ccccc4ccc32)cc1. The number of nitrogens with zero attached hydrogens (tertiary/aromatic N) is 2. The van der Waals surface area contributed by atoms with Crippen LogP contribution in [0.25, 0.3) is 82.5 Å². The monoisotopic (exact) mass is 702 g/mol. The Morgan fingerprint density at radius 2 is 0.909 bits per heavy atom. The molecule has 0 spiro atoms. The maximum absolute atomic E-state index is 6.84. The fraction of sp³-hybridized carbons (Fsp3) is 0. The first kappa shape index (κ1) is 31.2. The van der Waals surface area contributed by atoms with Gasteiger partial charge in [-0.1, -0.05) is 152 Å². The molecule has 0 N–H and O–H groups in total. The number of hydrogen-bond donors (Lipinski definition) is 0. The Balaban J connectivity index is 1.06. The first-order valence-corrected chi connectivity index (χ1v) is 18.8. The van der Waals surface area contributed by atoms with Gasteiger partial charge in [-0.15, -0.1) is 0 Å². The largest absolute Gasteiger partial charge is 0.455 e. The summed E-state index contributed by atoms with van der Waals surface area (Å²) in [4.78, 5) is 2.36. The van der Waals surface area contributed by atoms with Crippen molar-refractivity contribution in [3.63, 3.8) is 0 Å². The Kier molecular flexibility index (Phi) is 7.17. The lowest BCUT2D eigenvalue weighted by Gasteiger charge is -2.28. The first-order chi connectivity index (χ1) is 27.3. The van der Waals surface area contributed by atoms with Crippen LogP contribution < -0.4 is 4.90 Å². The number of aromatic nitrogens is 1. The zero-order chi connectivity index (χ0) is 36.3. The molecule has 0 aliphatic rings. The van der Waals surface area contributed by atoms with E-state index in [1.165, 1.54) is 32.8 Å². The molecular formula is C52H34N2O. The highest BCUT2D eigenvalue weighted by Gasteiger charge is 2.21.